The van der Waals surface area contributed by atoms with Gasteiger partial charge in [0.15, 0.2) is 11.5 Å². The fourth-order valence-electron chi connectivity index (χ4n) is 4.35. The molecule has 5 atom stereocenters. The Bertz CT molecular complexity index is 791. The maximum atomic E-state index is 10.5. The van der Waals surface area contributed by atoms with Gasteiger partial charge >= 0.3 is 5.97 Å². The molecule has 0 spiro atoms. The predicted molar refractivity (Wildman–Crippen MR) is 93.5 cm³/mol. The van der Waals surface area contributed by atoms with Gasteiger partial charge in [-0.1, -0.05) is 11.6 Å². The van der Waals surface area contributed by atoms with Gasteiger partial charge in [-0.25, -0.2) is 4.79 Å². The van der Waals surface area contributed by atoms with Crippen LogP contribution in [0.25, 0.3) is 0 Å². The Morgan fingerprint density at radius 3 is 2.59 bits per heavy atom. The third-order valence-corrected chi connectivity index (χ3v) is 5.63. The summed E-state index contributed by atoms with van der Waals surface area (Å²) in [5.41, 5.74) is 3.54. The van der Waals surface area contributed by atoms with Crippen LogP contribution in [0.3, 0.4) is 0 Å². The zero-order chi connectivity index (χ0) is 19.3. The molecule has 0 bridgehead atoms. The molecule has 1 aromatic carbocycles. The number of rotatable bonds is 1. The average molecular weight is 377 g/mol. The highest BCUT2D eigenvalue weighted by Gasteiger charge is 2.48. The Hall–Kier alpha value is -2.13. The number of hydrogen-bond donors (Lipinski definition) is 4. The van der Waals surface area contributed by atoms with E-state index in [2.05, 4.69) is 4.90 Å². The largest absolute Gasteiger partial charge is 0.479 e. The topological polar surface area (TPSA) is 120 Å². The van der Waals surface area contributed by atoms with E-state index in [0.29, 0.717) is 0 Å². The van der Waals surface area contributed by atoms with Crippen LogP contribution >= 0.6 is 0 Å². The molecule has 4 N–H and O–H groups in total. The summed E-state index contributed by atoms with van der Waals surface area (Å²) in [6, 6.07) is 4.25. The SMILES string of the molecule is CC(O)C(=O)O.O[C@H]1[C@H]2c3cc4c(cc3CN3CCC(=C[C@@H]1O)[C@H]23)OCO4. The van der Waals surface area contributed by atoms with Gasteiger partial charge in [0.25, 0.3) is 0 Å². The molecule has 27 heavy (non-hydrogen) atoms. The first-order chi connectivity index (χ1) is 12.9. The lowest BCUT2D eigenvalue weighted by Gasteiger charge is -2.44. The molecule has 3 heterocycles. The number of aliphatic carboxylic acids is 1. The van der Waals surface area contributed by atoms with E-state index in [9.17, 15) is 15.0 Å². The van der Waals surface area contributed by atoms with E-state index in [-0.39, 0.29) is 18.8 Å². The van der Waals surface area contributed by atoms with E-state index < -0.39 is 24.3 Å². The summed E-state index contributed by atoms with van der Waals surface area (Å²) in [4.78, 5) is 11.8. The highest BCUT2D eigenvalue weighted by Crippen LogP contribution is 2.49. The third-order valence-electron chi connectivity index (χ3n) is 5.63. The fraction of sp³-hybridized carbons (Fsp3) is 0.526. The molecule has 1 aliphatic carbocycles. The van der Waals surface area contributed by atoms with E-state index in [4.69, 9.17) is 19.7 Å². The fourth-order valence-corrected chi connectivity index (χ4v) is 4.35. The molecule has 0 aromatic heterocycles. The smallest absolute Gasteiger partial charge is 0.332 e. The Labute approximate surface area is 156 Å². The molecule has 0 saturated carbocycles. The molecule has 4 aliphatic rings. The Morgan fingerprint density at radius 2 is 1.93 bits per heavy atom. The standard InChI is InChI=1S/C16H17NO4.C3H6O3/c18-11-3-8-1-2-17-6-9-4-12-13(21-7-20-12)5-10(9)14(15(8)17)16(11)19;1-2(4)3(5)6/h3-5,11,14-16,18-19H,1-2,6-7H2;2,4H,1H3,(H,5,6)/t11-,14-,15+,16+;/m0./s1. The van der Waals surface area contributed by atoms with E-state index in [1.165, 1.54) is 18.1 Å². The van der Waals surface area contributed by atoms with E-state index in [1.54, 1.807) is 0 Å². The van der Waals surface area contributed by atoms with E-state index in [0.717, 1.165) is 36.6 Å². The van der Waals surface area contributed by atoms with Crippen LogP contribution in [0.4, 0.5) is 0 Å². The summed E-state index contributed by atoms with van der Waals surface area (Å²) in [5.74, 6) is 0.266. The highest BCUT2D eigenvalue weighted by atomic mass is 16.7. The molecular weight excluding hydrogens is 354 g/mol. The number of carboxylic acid groups (broad SMARTS) is 1. The van der Waals surface area contributed by atoms with Crippen molar-refractivity contribution in [2.75, 3.05) is 13.3 Å². The molecule has 146 valence electrons. The Kier molecular flexibility index (Phi) is 4.59. The monoisotopic (exact) mass is 377 g/mol. The summed E-state index contributed by atoms with van der Waals surface area (Å²) >= 11 is 0. The maximum absolute atomic E-state index is 10.5. The highest BCUT2D eigenvalue weighted by molar-refractivity contribution is 5.71. The zero-order valence-corrected chi connectivity index (χ0v) is 14.9. The lowest BCUT2D eigenvalue weighted by atomic mass is 9.73. The number of benzene rings is 1. The second kappa shape index (κ2) is 6.79. The minimum atomic E-state index is -1.23. The summed E-state index contributed by atoms with van der Waals surface area (Å²) in [5, 5.41) is 36.5. The van der Waals surface area contributed by atoms with Crippen molar-refractivity contribution in [2.45, 2.75) is 50.2 Å². The molecule has 0 radical (unpaired) electrons. The molecular formula is C19H23NO7. The summed E-state index contributed by atoms with van der Waals surface area (Å²) in [7, 11) is 0. The first-order valence-electron chi connectivity index (χ1n) is 9.01. The van der Waals surface area contributed by atoms with Gasteiger partial charge < -0.3 is 29.9 Å². The van der Waals surface area contributed by atoms with Crippen molar-refractivity contribution in [3.63, 3.8) is 0 Å². The number of carbonyl (C=O) groups is 1. The summed E-state index contributed by atoms with van der Waals surface area (Å²) in [6.07, 6.45) is 0.0523. The van der Waals surface area contributed by atoms with E-state index >= 15 is 0 Å². The van der Waals surface area contributed by atoms with Crippen molar-refractivity contribution in [1.29, 1.82) is 0 Å². The van der Waals surface area contributed by atoms with Crippen LogP contribution in [-0.2, 0) is 11.3 Å². The third kappa shape index (κ3) is 3.08. The average Bonchev–Trinajstić information content (AvgIpc) is 3.24. The zero-order valence-electron chi connectivity index (χ0n) is 14.9. The maximum Gasteiger partial charge on any atom is 0.332 e. The molecule has 5 rings (SSSR count). The minimum absolute atomic E-state index is 0.0826. The van der Waals surface area contributed by atoms with Gasteiger partial charge in [-0.15, -0.1) is 0 Å². The van der Waals surface area contributed by atoms with Crippen LogP contribution in [0, 0.1) is 0 Å². The molecule has 0 amide bonds. The lowest BCUT2D eigenvalue weighted by molar-refractivity contribution is -0.145. The normalized spacial score (nSPS) is 31.2. The number of fused-ring (bicyclic) bond motifs is 3. The molecule has 1 saturated heterocycles. The van der Waals surface area contributed by atoms with Crippen LogP contribution in [0.2, 0.25) is 0 Å². The number of aliphatic hydroxyl groups excluding tert-OH is 3. The van der Waals surface area contributed by atoms with Gasteiger partial charge in [-0.05, 0) is 36.6 Å². The van der Waals surface area contributed by atoms with Crippen molar-refractivity contribution < 1.29 is 34.7 Å². The van der Waals surface area contributed by atoms with Crippen LogP contribution in [0.5, 0.6) is 11.5 Å². The quantitative estimate of drug-likeness (QED) is 0.513. The van der Waals surface area contributed by atoms with Crippen LogP contribution in [-0.4, -0.2) is 69.0 Å². The first kappa shape index (κ1) is 18.2. The molecule has 1 fully saturated rings. The van der Waals surface area contributed by atoms with Gasteiger partial charge in [0, 0.05) is 25.0 Å². The number of aliphatic hydroxyl groups is 3. The van der Waals surface area contributed by atoms with Gasteiger partial charge in [-0.2, -0.15) is 0 Å². The van der Waals surface area contributed by atoms with Crippen molar-refractivity contribution in [2.24, 2.45) is 0 Å². The number of ether oxygens (including phenoxy) is 2. The van der Waals surface area contributed by atoms with Gasteiger partial charge in [-0.3, -0.25) is 4.90 Å². The molecule has 8 heteroatoms. The van der Waals surface area contributed by atoms with Crippen LogP contribution < -0.4 is 9.47 Å². The molecule has 3 aliphatic heterocycles. The minimum Gasteiger partial charge on any atom is -0.479 e. The van der Waals surface area contributed by atoms with Gasteiger partial charge in [0.05, 0.1) is 12.2 Å². The Balaban J connectivity index is 0.000000264. The van der Waals surface area contributed by atoms with Crippen LogP contribution in [0.1, 0.15) is 30.4 Å². The Morgan fingerprint density at radius 1 is 1.26 bits per heavy atom. The molecule has 1 aromatic rings. The van der Waals surface area contributed by atoms with E-state index in [1.807, 2.05) is 18.2 Å². The van der Waals surface area contributed by atoms with Crippen LogP contribution in [0.15, 0.2) is 23.8 Å². The predicted octanol–water partition coefficient (Wildman–Crippen LogP) is 0.200. The summed E-state index contributed by atoms with van der Waals surface area (Å²) in [6.45, 7) is 3.31. The van der Waals surface area contributed by atoms with Crippen molar-refractivity contribution >= 4 is 5.97 Å². The van der Waals surface area contributed by atoms with Gasteiger partial charge in [0.1, 0.15) is 6.10 Å². The lowest BCUT2D eigenvalue weighted by Crippen LogP contribution is -2.49. The molecule has 8 nitrogen and oxygen atoms in total. The summed E-state index contributed by atoms with van der Waals surface area (Å²) < 4.78 is 10.9. The number of carboxylic acids is 1. The van der Waals surface area contributed by atoms with Crippen molar-refractivity contribution in [3.05, 3.63) is 34.9 Å². The van der Waals surface area contributed by atoms with Gasteiger partial charge in [0.2, 0.25) is 6.79 Å². The molecule has 1 unspecified atom stereocenters. The van der Waals surface area contributed by atoms with Crippen molar-refractivity contribution in [3.8, 4) is 11.5 Å². The first-order valence-corrected chi connectivity index (χ1v) is 9.01. The second-order valence-corrected chi connectivity index (χ2v) is 7.33. The number of nitrogens with zero attached hydrogens (tertiary/aromatic N) is 1. The number of hydrogen-bond acceptors (Lipinski definition) is 7. The second-order valence-electron chi connectivity index (χ2n) is 7.33. The van der Waals surface area contributed by atoms with Crippen molar-refractivity contribution in [1.82, 2.24) is 4.90 Å².